The first-order chi connectivity index (χ1) is 19.5. The van der Waals surface area contributed by atoms with Crippen LogP contribution in [0.3, 0.4) is 0 Å². The molecule has 2 bridgehead atoms. The molecule has 0 radical (unpaired) electrons. The summed E-state index contributed by atoms with van der Waals surface area (Å²) in [7, 11) is 0. The highest BCUT2D eigenvalue weighted by atomic mass is 35.5. The number of anilines is 1. The van der Waals surface area contributed by atoms with Crippen LogP contribution in [0.15, 0.2) is 51.5 Å². The van der Waals surface area contributed by atoms with Gasteiger partial charge in [-0.3, -0.25) is 0 Å². The Labute approximate surface area is 240 Å². The second kappa shape index (κ2) is 10.2. The van der Waals surface area contributed by atoms with Gasteiger partial charge in [0.15, 0.2) is 0 Å². The van der Waals surface area contributed by atoms with Gasteiger partial charge >= 0.3 is 5.97 Å². The van der Waals surface area contributed by atoms with Crippen molar-refractivity contribution in [2.24, 2.45) is 0 Å². The van der Waals surface area contributed by atoms with E-state index >= 15 is 0 Å². The molecule has 1 N–H and O–H groups in total. The lowest BCUT2D eigenvalue weighted by Gasteiger charge is -2.37. The number of nitrogens with zero attached hydrogens (tertiary/aromatic N) is 4. The quantitative estimate of drug-likeness (QED) is 0.235. The molecule has 2 aromatic heterocycles. The Morgan fingerprint density at radius 2 is 1.73 bits per heavy atom. The van der Waals surface area contributed by atoms with Gasteiger partial charge in [0, 0.05) is 34.7 Å². The minimum atomic E-state index is -1.00. The van der Waals surface area contributed by atoms with Crippen LogP contribution in [0.2, 0.25) is 10.0 Å². The lowest BCUT2D eigenvalue weighted by Crippen LogP contribution is -2.46. The highest BCUT2D eigenvalue weighted by Gasteiger charge is 2.43. The van der Waals surface area contributed by atoms with Crippen molar-refractivity contribution in [3.63, 3.8) is 0 Å². The summed E-state index contributed by atoms with van der Waals surface area (Å²) in [6.45, 7) is 0.378. The Hall–Kier alpha value is -3.40. The number of halogens is 2. The number of ether oxygens (including phenoxy) is 1. The van der Waals surface area contributed by atoms with Crippen LogP contribution in [0.25, 0.3) is 22.7 Å². The van der Waals surface area contributed by atoms with E-state index in [4.69, 9.17) is 37.0 Å². The minimum Gasteiger partial charge on any atom is -0.478 e. The van der Waals surface area contributed by atoms with Crippen LogP contribution < -0.4 is 4.90 Å². The van der Waals surface area contributed by atoms with E-state index in [0.717, 1.165) is 49.8 Å². The van der Waals surface area contributed by atoms with Crippen molar-refractivity contribution < 1.29 is 23.7 Å². The summed E-state index contributed by atoms with van der Waals surface area (Å²) in [5.41, 5.74) is 3.02. The van der Waals surface area contributed by atoms with E-state index in [1.807, 2.05) is 6.07 Å². The number of carboxylic acid groups (broad SMARTS) is 1. The second-order valence-corrected chi connectivity index (χ2v) is 11.5. The van der Waals surface area contributed by atoms with Crippen molar-refractivity contribution in [1.82, 2.24) is 15.3 Å². The number of carboxylic acids is 1. The molecule has 1 aliphatic carbocycles. The molecule has 4 aromatic rings. The van der Waals surface area contributed by atoms with Crippen molar-refractivity contribution in [3.8, 4) is 22.7 Å². The number of carbonyl (C=O) groups is 1. The summed E-state index contributed by atoms with van der Waals surface area (Å²) in [5.74, 6) is 1.08. The Balaban J connectivity index is 1.07. The molecule has 9 nitrogen and oxygen atoms in total. The number of piperidine rings is 1. The zero-order chi connectivity index (χ0) is 27.4. The summed E-state index contributed by atoms with van der Waals surface area (Å²) >= 11 is 13.0. The fraction of sp³-hybridized carbons (Fsp3) is 0.379. The average molecular weight is 581 g/mol. The third-order valence-electron chi connectivity index (χ3n) is 8.12. The van der Waals surface area contributed by atoms with Gasteiger partial charge in [-0.25, -0.2) is 4.79 Å². The van der Waals surface area contributed by atoms with Gasteiger partial charge in [0.25, 0.3) is 11.8 Å². The van der Waals surface area contributed by atoms with Crippen LogP contribution in [-0.2, 0) is 11.3 Å². The molecule has 206 valence electrons. The van der Waals surface area contributed by atoms with Gasteiger partial charge < -0.3 is 23.8 Å². The monoisotopic (exact) mass is 580 g/mol. The SMILES string of the molecule is O=C(O)c1cccc(-c2nc(N3C4CCC3CC(OCc3c(-c5c(Cl)cccc5Cl)noc3C3CC3)C4)no2)c1. The summed E-state index contributed by atoms with van der Waals surface area (Å²) in [6, 6.07) is 12.4. The third kappa shape index (κ3) is 4.66. The highest BCUT2D eigenvalue weighted by molar-refractivity contribution is 6.39. The number of fused-ring (bicyclic) bond motifs is 2. The molecule has 1 saturated carbocycles. The summed E-state index contributed by atoms with van der Waals surface area (Å²) in [4.78, 5) is 18.2. The summed E-state index contributed by atoms with van der Waals surface area (Å²) in [6.07, 6.45) is 5.92. The van der Waals surface area contributed by atoms with Crippen LogP contribution in [0.1, 0.15) is 66.1 Å². The molecule has 2 unspecified atom stereocenters. The van der Waals surface area contributed by atoms with Gasteiger partial charge in [-0.05, 0) is 74.0 Å². The molecule has 2 saturated heterocycles. The first-order valence-corrected chi connectivity index (χ1v) is 14.2. The predicted molar refractivity (Wildman–Crippen MR) is 148 cm³/mol. The van der Waals surface area contributed by atoms with Crippen LogP contribution in [0.4, 0.5) is 5.95 Å². The molecular formula is C29H26Cl2N4O5. The molecule has 2 atom stereocenters. The van der Waals surface area contributed by atoms with Crippen molar-refractivity contribution in [3.05, 3.63) is 69.4 Å². The van der Waals surface area contributed by atoms with Gasteiger partial charge in [0.05, 0.1) is 28.3 Å². The topological polar surface area (TPSA) is 115 Å². The Kier molecular flexibility index (Phi) is 6.53. The van der Waals surface area contributed by atoms with Gasteiger partial charge in [0.1, 0.15) is 11.5 Å². The van der Waals surface area contributed by atoms with E-state index in [0.29, 0.717) is 51.2 Å². The third-order valence-corrected chi connectivity index (χ3v) is 8.75. The first-order valence-electron chi connectivity index (χ1n) is 13.5. The molecule has 7 rings (SSSR count). The van der Waals surface area contributed by atoms with Crippen LogP contribution in [-0.4, -0.2) is 44.6 Å². The van der Waals surface area contributed by atoms with E-state index < -0.39 is 5.97 Å². The molecule has 3 fully saturated rings. The molecule has 0 amide bonds. The van der Waals surface area contributed by atoms with Gasteiger partial charge in [-0.1, -0.05) is 40.5 Å². The van der Waals surface area contributed by atoms with E-state index in [1.54, 1.807) is 30.3 Å². The maximum Gasteiger partial charge on any atom is 0.335 e. The van der Waals surface area contributed by atoms with Crippen LogP contribution >= 0.6 is 23.2 Å². The molecular weight excluding hydrogens is 555 g/mol. The van der Waals surface area contributed by atoms with Crippen molar-refractivity contribution >= 4 is 35.1 Å². The number of hydrogen-bond acceptors (Lipinski definition) is 8. The van der Waals surface area contributed by atoms with E-state index in [-0.39, 0.29) is 23.8 Å². The Morgan fingerprint density at radius 3 is 2.42 bits per heavy atom. The maximum atomic E-state index is 11.4. The van der Waals surface area contributed by atoms with Crippen molar-refractivity contribution in [2.45, 2.75) is 69.2 Å². The van der Waals surface area contributed by atoms with Gasteiger partial charge in [-0.15, -0.1) is 0 Å². The zero-order valence-electron chi connectivity index (χ0n) is 21.4. The molecule has 4 heterocycles. The zero-order valence-corrected chi connectivity index (χ0v) is 22.9. The minimum absolute atomic E-state index is 0.0592. The molecule has 0 spiro atoms. The lowest BCUT2D eigenvalue weighted by molar-refractivity contribution is 0.0144. The molecule has 2 aromatic carbocycles. The van der Waals surface area contributed by atoms with Crippen molar-refractivity contribution in [1.29, 1.82) is 0 Å². The summed E-state index contributed by atoms with van der Waals surface area (Å²) < 4.78 is 17.9. The van der Waals surface area contributed by atoms with Gasteiger partial charge in [-0.2, -0.15) is 4.98 Å². The second-order valence-electron chi connectivity index (χ2n) is 10.7. The largest absolute Gasteiger partial charge is 0.478 e. The van der Waals surface area contributed by atoms with E-state index in [2.05, 4.69) is 20.2 Å². The van der Waals surface area contributed by atoms with Crippen LogP contribution in [0.5, 0.6) is 0 Å². The number of rotatable bonds is 8. The summed E-state index contributed by atoms with van der Waals surface area (Å²) in [5, 5.41) is 19.0. The Bertz CT molecular complexity index is 1550. The maximum absolute atomic E-state index is 11.4. The highest BCUT2D eigenvalue weighted by Crippen LogP contribution is 2.47. The Morgan fingerprint density at radius 1 is 1.00 bits per heavy atom. The number of hydrogen-bond donors (Lipinski definition) is 1. The number of benzene rings is 2. The molecule has 3 aliphatic rings. The fourth-order valence-corrected chi connectivity index (χ4v) is 6.64. The molecule has 40 heavy (non-hydrogen) atoms. The smallest absolute Gasteiger partial charge is 0.335 e. The normalized spacial score (nSPS) is 22.1. The van der Waals surface area contributed by atoms with Crippen LogP contribution in [0, 0.1) is 0 Å². The average Bonchev–Trinajstić information content (AvgIpc) is 3.41. The van der Waals surface area contributed by atoms with E-state index in [1.165, 1.54) is 6.07 Å². The number of aromatic carboxylic acids is 1. The van der Waals surface area contributed by atoms with Gasteiger partial charge in [0.2, 0.25) is 0 Å². The molecule has 2 aliphatic heterocycles. The molecule has 11 heteroatoms. The standard InChI is InChI=1S/C29H26Cl2N4O5/c30-22-5-2-6-23(31)24(22)25-21(26(39-33-25)15-7-8-15)14-38-20-12-18-9-10-19(13-20)35(18)29-32-27(40-34-29)16-3-1-4-17(11-16)28(36)37/h1-6,11,15,18-20H,7-10,12-14H2,(H,36,37). The number of aromatic nitrogens is 3. The predicted octanol–water partition coefficient (Wildman–Crippen LogP) is 6.99. The van der Waals surface area contributed by atoms with Crippen molar-refractivity contribution in [2.75, 3.05) is 4.90 Å². The van der Waals surface area contributed by atoms with E-state index in [9.17, 15) is 9.90 Å². The fourth-order valence-electron chi connectivity index (χ4n) is 6.06. The first kappa shape index (κ1) is 25.6. The lowest BCUT2D eigenvalue weighted by atomic mass is 9.99.